The maximum absolute atomic E-state index is 4.54. The second-order valence-electron chi connectivity index (χ2n) is 5.11. The lowest BCUT2D eigenvalue weighted by Crippen LogP contribution is -2.25. The molecule has 0 aliphatic rings. The second kappa shape index (κ2) is 6.99. The van der Waals surface area contributed by atoms with E-state index in [9.17, 15) is 0 Å². The van der Waals surface area contributed by atoms with E-state index in [1.807, 2.05) is 5.51 Å². The van der Waals surface area contributed by atoms with E-state index in [2.05, 4.69) is 53.8 Å². The number of aromatic nitrogens is 3. The van der Waals surface area contributed by atoms with Gasteiger partial charge in [0.1, 0.15) is 0 Å². The minimum atomic E-state index is 0.337. The molecule has 0 amide bonds. The molecule has 20 heavy (non-hydrogen) atoms. The first-order valence-electron chi connectivity index (χ1n) is 7.32. The van der Waals surface area contributed by atoms with Crippen molar-refractivity contribution < 1.29 is 0 Å². The van der Waals surface area contributed by atoms with Crippen LogP contribution >= 0.6 is 11.3 Å². The van der Waals surface area contributed by atoms with Gasteiger partial charge in [0.25, 0.3) is 0 Å². The molecular weight excluding hydrogens is 268 g/mol. The van der Waals surface area contributed by atoms with Crippen molar-refractivity contribution in [1.82, 2.24) is 20.1 Å². The molecule has 110 valence electrons. The molecule has 1 atom stereocenters. The van der Waals surface area contributed by atoms with Gasteiger partial charge in [0, 0.05) is 29.6 Å². The van der Waals surface area contributed by atoms with Crippen molar-refractivity contribution in [1.29, 1.82) is 0 Å². The number of nitrogens with one attached hydrogen (secondary N) is 1. The SMILES string of the molecule is CCCNC(Cc1cc(C)nn1CC)c1scnc1C. The molecule has 0 saturated carbocycles. The quantitative estimate of drug-likeness (QED) is 0.852. The summed E-state index contributed by atoms with van der Waals surface area (Å²) in [5.41, 5.74) is 5.47. The molecule has 0 spiro atoms. The molecule has 2 aromatic rings. The summed E-state index contributed by atoms with van der Waals surface area (Å²) in [6.07, 6.45) is 2.11. The summed E-state index contributed by atoms with van der Waals surface area (Å²) < 4.78 is 2.10. The van der Waals surface area contributed by atoms with Gasteiger partial charge in [-0.25, -0.2) is 4.98 Å². The van der Waals surface area contributed by atoms with Crippen LogP contribution in [-0.2, 0) is 13.0 Å². The Bertz CT molecular complexity index is 544. The maximum Gasteiger partial charge on any atom is 0.0798 e. The summed E-state index contributed by atoms with van der Waals surface area (Å²) >= 11 is 1.74. The normalized spacial score (nSPS) is 12.8. The zero-order valence-electron chi connectivity index (χ0n) is 12.8. The third-order valence-electron chi connectivity index (χ3n) is 3.44. The molecule has 2 aromatic heterocycles. The van der Waals surface area contributed by atoms with Crippen LogP contribution in [0.5, 0.6) is 0 Å². The predicted molar refractivity (Wildman–Crippen MR) is 84.2 cm³/mol. The van der Waals surface area contributed by atoms with Gasteiger partial charge >= 0.3 is 0 Å². The first kappa shape index (κ1) is 15.2. The number of nitrogens with zero attached hydrogens (tertiary/aromatic N) is 3. The molecule has 0 aliphatic heterocycles. The van der Waals surface area contributed by atoms with Crippen LogP contribution in [0.4, 0.5) is 0 Å². The Labute approximate surface area is 125 Å². The van der Waals surface area contributed by atoms with E-state index < -0.39 is 0 Å². The van der Waals surface area contributed by atoms with Crippen LogP contribution in [0.1, 0.15) is 48.3 Å². The highest BCUT2D eigenvalue weighted by Gasteiger charge is 2.18. The van der Waals surface area contributed by atoms with Crippen molar-refractivity contribution in [3.63, 3.8) is 0 Å². The van der Waals surface area contributed by atoms with Gasteiger partial charge in [-0.1, -0.05) is 6.92 Å². The van der Waals surface area contributed by atoms with Gasteiger partial charge in [0.05, 0.1) is 16.9 Å². The Balaban J connectivity index is 2.21. The van der Waals surface area contributed by atoms with E-state index in [0.717, 1.165) is 37.3 Å². The van der Waals surface area contributed by atoms with Crippen LogP contribution in [0.15, 0.2) is 11.6 Å². The van der Waals surface area contributed by atoms with Crippen LogP contribution in [0.2, 0.25) is 0 Å². The Morgan fingerprint density at radius 3 is 2.75 bits per heavy atom. The number of hydrogen-bond donors (Lipinski definition) is 1. The van der Waals surface area contributed by atoms with Crippen molar-refractivity contribution in [3.8, 4) is 0 Å². The second-order valence-corrected chi connectivity index (χ2v) is 5.99. The molecule has 1 N–H and O–H groups in total. The lowest BCUT2D eigenvalue weighted by Gasteiger charge is -2.18. The molecule has 2 heterocycles. The van der Waals surface area contributed by atoms with Crippen molar-refractivity contribution >= 4 is 11.3 Å². The van der Waals surface area contributed by atoms with E-state index in [4.69, 9.17) is 0 Å². The van der Waals surface area contributed by atoms with Crippen LogP contribution in [0.25, 0.3) is 0 Å². The minimum Gasteiger partial charge on any atom is -0.309 e. The van der Waals surface area contributed by atoms with Gasteiger partial charge in [-0.2, -0.15) is 5.10 Å². The summed E-state index contributed by atoms with van der Waals surface area (Å²) in [5, 5.41) is 8.19. The van der Waals surface area contributed by atoms with Crippen molar-refractivity contribution in [2.75, 3.05) is 6.54 Å². The average molecular weight is 292 g/mol. The summed E-state index contributed by atoms with van der Waals surface area (Å²) in [6, 6.07) is 2.53. The van der Waals surface area contributed by atoms with Crippen molar-refractivity contribution in [2.45, 2.75) is 53.1 Å². The third-order valence-corrected chi connectivity index (χ3v) is 4.48. The van der Waals surface area contributed by atoms with Gasteiger partial charge in [0.2, 0.25) is 0 Å². The largest absolute Gasteiger partial charge is 0.309 e. The monoisotopic (exact) mass is 292 g/mol. The Morgan fingerprint density at radius 1 is 1.35 bits per heavy atom. The smallest absolute Gasteiger partial charge is 0.0798 e. The van der Waals surface area contributed by atoms with Gasteiger partial charge in [0.15, 0.2) is 0 Å². The zero-order chi connectivity index (χ0) is 14.5. The van der Waals surface area contributed by atoms with E-state index in [-0.39, 0.29) is 0 Å². The van der Waals surface area contributed by atoms with Crippen molar-refractivity contribution in [3.05, 3.63) is 33.5 Å². The van der Waals surface area contributed by atoms with Gasteiger partial charge in [-0.15, -0.1) is 11.3 Å². The van der Waals surface area contributed by atoms with Gasteiger partial charge < -0.3 is 5.32 Å². The summed E-state index contributed by atoms with van der Waals surface area (Å²) in [5.74, 6) is 0. The standard InChI is InChI=1S/C15H24N4S/c1-5-7-16-14(15-12(4)17-10-20-15)9-13-8-11(3)18-19(13)6-2/h8,10,14,16H,5-7,9H2,1-4H3. The van der Waals surface area contributed by atoms with Crippen LogP contribution in [0.3, 0.4) is 0 Å². The molecule has 5 heteroatoms. The summed E-state index contributed by atoms with van der Waals surface area (Å²) in [7, 11) is 0. The Hall–Kier alpha value is -1.20. The van der Waals surface area contributed by atoms with Gasteiger partial charge in [-0.3, -0.25) is 4.68 Å². The van der Waals surface area contributed by atoms with E-state index >= 15 is 0 Å². The molecule has 0 saturated heterocycles. The highest BCUT2D eigenvalue weighted by Crippen LogP contribution is 2.25. The van der Waals surface area contributed by atoms with E-state index in [1.54, 1.807) is 11.3 Å². The first-order valence-corrected chi connectivity index (χ1v) is 8.20. The van der Waals surface area contributed by atoms with Crippen LogP contribution in [-0.4, -0.2) is 21.3 Å². The molecule has 1 unspecified atom stereocenters. The number of thiazole rings is 1. The number of rotatable bonds is 7. The number of hydrogen-bond acceptors (Lipinski definition) is 4. The van der Waals surface area contributed by atoms with Crippen LogP contribution in [0, 0.1) is 13.8 Å². The fourth-order valence-electron chi connectivity index (χ4n) is 2.47. The Kier molecular flexibility index (Phi) is 5.31. The lowest BCUT2D eigenvalue weighted by molar-refractivity contribution is 0.506. The fraction of sp³-hybridized carbons (Fsp3) is 0.600. The van der Waals surface area contributed by atoms with Crippen molar-refractivity contribution in [2.24, 2.45) is 0 Å². The molecule has 0 aliphatic carbocycles. The molecule has 0 aromatic carbocycles. The predicted octanol–water partition coefficient (Wildman–Crippen LogP) is 3.26. The summed E-state index contributed by atoms with van der Waals surface area (Å²) in [6.45, 7) is 10.4. The number of aryl methyl sites for hydroxylation is 3. The maximum atomic E-state index is 4.54. The zero-order valence-corrected chi connectivity index (χ0v) is 13.6. The van der Waals surface area contributed by atoms with Gasteiger partial charge in [-0.05, 0) is 39.8 Å². The molecular formula is C15H24N4S. The molecule has 2 rings (SSSR count). The van der Waals surface area contributed by atoms with E-state index in [0.29, 0.717) is 6.04 Å². The molecule has 0 fully saturated rings. The topological polar surface area (TPSA) is 42.7 Å². The molecule has 0 radical (unpaired) electrons. The highest BCUT2D eigenvalue weighted by molar-refractivity contribution is 7.09. The van der Waals surface area contributed by atoms with E-state index in [1.165, 1.54) is 10.6 Å². The third kappa shape index (κ3) is 3.46. The molecule has 4 nitrogen and oxygen atoms in total. The minimum absolute atomic E-state index is 0.337. The first-order chi connectivity index (χ1) is 9.65. The highest BCUT2D eigenvalue weighted by atomic mass is 32.1. The lowest BCUT2D eigenvalue weighted by atomic mass is 10.1. The van der Waals surface area contributed by atoms with Crippen LogP contribution < -0.4 is 5.32 Å². The Morgan fingerprint density at radius 2 is 2.15 bits per heavy atom. The molecule has 0 bridgehead atoms. The average Bonchev–Trinajstić information content (AvgIpc) is 3.00. The fourth-order valence-corrected chi connectivity index (χ4v) is 3.35. The summed E-state index contributed by atoms with van der Waals surface area (Å²) in [4.78, 5) is 5.74.